The van der Waals surface area contributed by atoms with Crippen LogP contribution >= 0.6 is 22.9 Å². The average molecular weight is 302 g/mol. The van der Waals surface area contributed by atoms with Crippen molar-refractivity contribution in [3.05, 3.63) is 15.6 Å². The van der Waals surface area contributed by atoms with Crippen molar-refractivity contribution in [1.82, 2.24) is 10.3 Å². The molecule has 1 rings (SSSR count). The molecule has 0 aliphatic carbocycles. The fourth-order valence-corrected chi connectivity index (χ4v) is 2.60. The highest BCUT2D eigenvalue weighted by Gasteiger charge is 2.12. The van der Waals surface area contributed by atoms with Gasteiger partial charge in [0, 0.05) is 26.2 Å². The molecule has 1 N–H and O–H groups in total. The smallest absolute Gasteiger partial charge is 0.186 e. The van der Waals surface area contributed by atoms with Crippen molar-refractivity contribution >= 4 is 34.1 Å². The predicted molar refractivity (Wildman–Crippen MR) is 87.5 cm³/mol. The van der Waals surface area contributed by atoms with Gasteiger partial charge in [0.25, 0.3) is 0 Å². The van der Waals surface area contributed by atoms with Gasteiger partial charge < -0.3 is 10.2 Å². The first-order chi connectivity index (χ1) is 8.73. The highest BCUT2D eigenvalue weighted by molar-refractivity contribution is 7.17. The second-order valence-corrected chi connectivity index (χ2v) is 7.17. The summed E-state index contributed by atoms with van der Waals surface area (Å²) < 4.78 is 0. The number of nitrogens with one attached hydrogen (secondary N) is 1. The zero-order valence-corrected chi connectivity index (χ0v) is 14.2. The van der Waals surface area contributed by atoms with Crippen molar-refractivity contribution in [2.24, 2.45) is 0 Å². The summed E-state index contributed by atoms with van der Waals surface area (Å²) in [6, 6.07) is 0. The molecule has 1 aromatic heterocycles. The van der Waals surface area contributed by atoms with Gasteiger partial charge >= 0.3 is 0 Å². The van der Waals surface area contributed by atoms with Crippen LogP contribution in [0.4, 0.5) is 5.13 Å². The molecular weight excluding hydrogens is 278 g/mol. The van der Waals surface area contributed by atoms with E-state index in [0.29, 0.717) is 5.15 Å². The van der Waals surface area contributed by atoms with Gasteiger partial charge in [0.15, 0.2) is 5.13 Å². The molecule has 1 heterocycles. The van der Waals surface area contributed by atoms with E-state index < -0.39 is 0 Å². The van der Waals surface area contributed by atoms with Gasteiger partial charge in [-0.25, -0.2) is 4.98 Å². The van der Waals surface area contributed by atoms with Crippen molar-refractivity contribution < 1.29 is 0 Å². The number of nitrogens with zero attached hydrogens (tertiary/aromatic N) is 2. The minimum Gasteiger partial charge on any atom is -0.354 e. The van der Waals surface area contributed by atoms with E-state index in [0.717, 1.165) is 23.0 Å². The van der Waals surface area contributed by atoms with Crippen molar-refractivity contribution in [2.45, 2.75) is 39.7 Å². The summed E-state index contributed by atoms with van der Waals surface area (Å²) in [5.74, 6) is 0. The maximum Gasteiger partial charge on any atom is 0.186 e. The molecule has 0 unspecified atom stereocenters. The van der Waals surface area contributed by atoms with E-state index in [1.54, 1.807) is 11.3 Å². The second-order valence-electron chi connectivity index (χ2n) is 5.81. The maximum atomic E-state index is 6.19. The van der Waals surface area contributed by atoms with E-state index in [9.17, 15) is 0 Å². The molecular formula is C14H24ClN3S. The average Bonchev–Trinajstić information content (AvgIpc) is 2.65. The van der Waals surface area contributed by atoms with Gasteiger partial charge in [-0.1, -0.05) is 35.4 Å². The SMILES string of the molecule is CCC(=Cc1sc(N(C)C)nc1Cl)CNC(C)(C)C. The van der Waals surface area contributed by atoms with E-state index >= 15 is 0 Å². The van der Waals surface area contributed by atoms with E-state index in [4.69, 9.17) is 11.6 Å². The van der Waals surface area contributed by atoms with Gasteiger partial charge in [-0.2, -0.15) is 0 Å². The summed E-state index contributed by atoms with van der Waals surface area (Å²) in [4.78, 5) is 7.37. The summed E-state index contributed by atoms with van der Waals surface area (Å²) >= 11 is 7.81. The van der Waals surface area contributed by atoms with Crippen molar-refractivity contribution in [3.8, 4) is 0 Å². The lowest BCUT2D eigenvalue weighted by Gasteiger charge is -2.21. The lowest BCUT2D eigenvalue weighted by atomic mass is 10.1. The number of rotatable bonds is 5. The Balaban J connectivity index is 2.85. The molecule has 0 aliphatic rings. The third-order valence-electron chi connectivity index (χ3n) is 2.62. The first kappa shape index (κ1) is 16.5. The Hall–Kier alpha value is -0.580. The number of aromatic nitrogens is 1. The van der Waals surface area contributed by atoms with E-state index in [2.05, 4.69) is 44.1 Å². The molecule has 0 radical (unpaired) electrons. The highest BCUT2D eigenvalue weighted by Crippen LogP contribution is 2.30. The fourth-order valence-electron chi connectivity index (χ4n) is 1.42. The molecule has 0 saturated carbocycles. The predicted octanol–water partition coefficient (Wildman–Crippen LogP) is 4.04. The van der Waals surface area contributed by atoms with E-state index in [-0.39, 0.29) is 5.54 Å². The number of anilines is 1. The summed E-state index contributed by atoms with van der Waals surface area (Å²) in [5.41, 5.74) is 1.46. The lowest BCUT2D eigenvalue weighted by Crippen LogP contribution is -2.36. The molecule has 108 valence electrons. The molecule has 0 bridgehead atoms. The quantitative estimate of drug-likeness (QED) is 0.889. The third kappa shape index (κ3) is 5.51. The molecule has 0 aromatic carbocycles. The Kier molecular flexibility index (Phi) is 5.83. The van der Waals surface area contributed by atoms with E-state index in [1.807, 2.05) is 19.0 Å². The van der Waals surface area contributed by atoms with Gasteiger partial charge in [-0.15, -0.1) is 0 Å². The number of thiazole rings is 1. The molecule has 0 saturated heterocycles. The Morgan fingerprint density at radius 2 is 2.05 bits per heavy atom. The highest BCUT2D eigenvalue weighted by atomic mass is 35.5. The van der Waals surface area contributed by atoms with Gasteiger partial charge in [-0.05, 0) is 33.3 Å². The first-order valence-electron chi connectivity index (χ1n) is 6.51. The molecule has 19 heavy (non-hydrogen) atoms. The van der Waals surface area contributed by atoms with Crippen LogP contribution in [0.3, 0.4) is 0 Å². The second kappa shape index (κ2) is 6.73. The van der Waals surface area contributed by atoms with Gasteiger partial charge in [0.1, 0.15) is 5.15 Å². The molecule has 0 aliphatic heterocycles. The van der Waals surface area contributed by atoms with Gasteiger partial charge in [-0.3, -0.25) is 0 Å². The van der Waals surface area contributed by atoms with Crippen LogP contribution in [0.1, 0.15) is 39.0 Å². The van der Waals surface area contributed by atoms with Crippen LogP contribution in [0.15, 0.2) is 5.57 Å². The fraction of sp³-hybridized carbons (Fsp3) is 0.643. The standard InChI is InChI=1S/C14H24ClN3S/c1-7-10(9-16-14(2,3)4)8-11-12(15)17-13(19-11)18(5)6/h8,16H,7,9H2,1-6H3. The summed E-state index contributed by atoms with van der Waals surface area (Å²) in [6.07, 6.45) is 3.17. The van der Waals surface area contributed by atoms with Crippen molar-refractivity contribution in [3.63, 3.8) is 0 Å². The Labute approximate surface area is 125 Å². The molecule has 1 aromatic rings. The summed E-state index contributed by atoms with van der Waals surface area (Å²) in [7, 11) is 3.95. The van der Waals surface area contributed by atoms with Crippen LogP contribution in [-0.4, -0.2) is 31.2 Å². The first-order valence-corrected chi connectivity index (χ1v) is 7.70. The topological polar surface area (TPSA) is 28.2 Å². The van der Waals surface area contributed by atoms with Crippen LogP contribution in [-0.2, 0) is 0 Å². The van der Waals surface area contributed by atoms with Crippen LogP contribution in [0.5, 0.6) is 0 Å². The largest absolute Gasteiger partial charge is 0.354 e. The van der Waals surface area contributed by atoms with Crippen molar-refractivity contribution in [1.29, 1.82) is 0 Å². The summed E-state index contributed by atoms with van der Waals surface area (Å²) in [5, 5.41) is 5.04. The Morgan fingerprint density at radius 3 is 2.47 bits per heavy atom. The van der Waals surface area contributed by atoms with Crippen LogP contribution in [0.25, 0.3) is 6.08 Å². The van der Waals surface area contributed by atoms with Crippen LogP contribution in [0, 0.1) is 0 Å². The summed E-state index contributed by atoms with van der Waals surface area (Å²) in [6.45, 7) is 9.56. The molecule has 0 spiro atoms. The van der Waals surface area contributed by atoms with Crippen LogP contribution < -0.4 is 10.2 Å². The Bertz CT molecular complexity index is 444. The van der Waals surface area contributed by atoms with Gasteiger partial charge in [0.2, 0.25) is 0 Å². The normalized spacial score (nSPS) is 12.9. The molecule has 0 fully saturated rings. The van der Waals surface area contributed by atoms with Gasteiger partial charge in [0.05, 0.1) is 4.88 Å². The number of hydrogen-bond acceptors (Lipinski definition) is 4. The zero-order valence-electron chi connectivity index (χ0n) is 12.7. The van der Waals surface area contributed by atoms with Crippen LogP contribution in [0.2, 0.25) is 5.15 Å². The molecule has 0 atom stereocenters. The monoisotopic (exact) mass is 301 g/mol. The maximum absolute atomic E-state index is 6.19. The Morgan fingerprint density at radius 1 is 1.42 bits per heavy atom. The minimum atomic E-state index is 0.126. The van der Waals surface area contributed by atoms with E-state index in [1.165, 1.54) is 5.57 Å². The minimum absolute atomic E-state index is 0.126. The molecule has 5 heteroatoms. The van der Waals surface area contributed by atoms with Crippen molar-refractivity contribution in [2.75, 3.05) is 25.5 Å². The molecule has 0 amide bonds. The third-order valence-corrected chi connectivity index (χ3v) is 4.19. The zero-order chi connectivity index (χ0) is 14.6. The lowest BCUT2D eigenvalue weighted by molar-refractivity contribution is 0.443. The molecule has 3 nitrogen and oxygen atoms in total. The number of halogens is 1. The number of hydrogen-bond donors (Lipinski definition) is 1.